The second kappa shape index (κ2) is 11.8. The van der Waals surface area contributed by atoms with Crippen LogP contribution in [0.3, 0.4) is 0 Å². The van der Waals surface area contributed by atoms with E-state index in [0.717, 1.165) is 44.5 Å². The second-order valence-electron chi connectivity index (χ2n) is 13.6. The predicted molar refractivity (Wildman–Crippen MR) is 210 cm³/mol. The van der Waals surface area contributed by atoms with E-state index in [1.54, 1.807) is 12.4 Å². The van der Waals surface area contributed by atoms with Crippen molar-refractivity contribution in [3.05, 3.63) is 204 Å². The molecule has 0 atom stereocenters. The molecule has 2 aliphatic carbocycles. The Morgan fingerprint density at radius 3 is 1.08 bits per heavy atom. The normalized spacial score (nSPS) is 12.6. The van der Waals surface area contributed by atoms with E-state index >= 15 is 0 Å². The number of nitrogens with zero attached hydrogens (tertiary/aromatic N) is 4. The molecule has 0 saturated heterocycles. The molecule has 244 valence electrons. The summed E-state index contributed by atoms with van der Waals surface area (Å²) in [5.74, 6) is 0. The molecule has 2 heterocycles. The first-order chi connectivity index (χ1) is 26.1. The van der Waals surface area contributed by atoms with E-state index in [2.05, 4.69) is 156 Å². The minimum absolute atomic E-state index is 0.408. The summed E-state index contributed by atoms with van der Waals surface area (Å²) in [4.78, 5) is 8.27. The molecular formula is C49H28N4. The Hall–Kier alpha value is -7.40. The molecule has 0 saturated carbocycles. The van der Waals surface area contributed by atoms with Crippen LogP contribution < -0.4 is 0 Å². The predicted octanol–water partition coefficient (Wildman–Crippen LogP) is 11.2. The van der Waals surface area contributed by atoms with Gasteiger partial charge in [0.1, 0.15) is 23.5 Å². The molecule has 1 spiro atoms. The van der Waals surface area contributed by atoms with Crippen LogP contribution in [0.5, 0.6) is 0 Å². The molecule has 0 aliphatic heterocycles. The van der Waals surface area contributed by atoms with Crippen molar-refractivity contribution < 1.29 is 0 Å². The van der Waals surface area contributed by atoms with Crippen LogP contribution in [0.2, 0.25) is 0 Å². The molecule has 6 aromatic carbocycles. The van der Waals surface area contributed by atoms with E-state index in [9.17, 15) is 10.5 Å². The monoisotopic (exact) mass is 672 g/mol. The van der Waals surface area contributed by atoms with Crippen molar-refractivity contribution in [2.45, 2.75) is 5.41 Å². The maximum Gasteiger partial charge on any atom is 0.141 e. The lowest BCUT2D eigenvalue weighted by atomic mass is 9.70. The standard InChI is InChI=1S/C49H28N4/c50-29-39-25-37(21-23-52-39)33-13-9-31(10-14-33)35-17-19-47-43(27-35)44-28-36(32-11-15-34(16-12-32)38-22-24-53-40(26-38)30-51)18-20-48(44)49(47)45-7-3-1-5-41(45)42-6-2-4-8-46(42)49/h1-28H. The Kier molecular flexibility index (Phi) is 6.80. The van der Waals surface area contributed by atoms with E-state index in [0.29, 0.717) is 11.4 Å². The molecule has 8 aromatic rings. The van der Waals surface area contributed by atoms with Crippen LogP contribution in [-0.4, -0.2) is 9.97 Å². The Morgan fingerprint density at radius 1 is 0.340 bits per heavy atom. The quantitative estimate of drug-likeness (QED) is 0.186. The number of fused-ring (bicyclic) bond motifs is 10. The van der Waals surface area contributed by atoms with Crippen molar-refractivity contribution in [1.82, 2.24) is 9.97 Å². The van der Waals surface area contributed by atoms with E-state index in [1.807, 2.05) is 24.3 Å². The Labute approximate surface area is 307 Å². The third-order valence-corrected chi connectivity index (χ3v) is 10.9. The SMILES string of the molecule is N#Cc1cc(-c2ccc(-c3ccc4c(c3)-c3cc(-c5ccc(-c6ccnc(C#N)c6)cc5)ccc3C43c4ccccc4-c4ccccc43)cc2)ccn1. The van der Waals surface area contributed by atoms with Gasteiger partial charge in [0.15, 0.2) is 0 Å². The van der Waals surface area contributed by atoms with Crippen molar-refractivity contribution >= 4 is 0 Å². The van der Waals surface area contributed by atoms with Gasteiger partial charge >= 0.3 is 0 Å². The lowest BCUT2D eigenvalue weighted by Gasteiger charge is -2.30. The highest BCUT2D eigenvalue weighted by Crippen LogP contribution is 2.63. The average Bonchev–Trinajstić information content (AvgIpc) is 3.70. The maximum absolute atomic E-state index is 9.36. The lowest BCUT2D eigenvalue weighted by molar-refractivity contribution is 0.794. The highest BCUT2D eigenvalue weighted by atomic mass is 14.7. The van der Waals surface area contributed by atoms with Gasteiger partial charge < -0.3 is 0 Å². The van der Waals surface area contributed by atoms with Gasteiger partial charge in [-0.3, -0.25) is 0 Å². The van der Waals surface area contributed by atoms with Gasteiger partial charge in [0.05, 0.1) is 5.41 Å². The Morgan fingerprint density at radius 2 is 0.679 bits per heavy atom. The van der Waals surface area contributed by atoms with Gasteiger partial charge in [-0.25, -0.2) is 9.97 Å². The summed E-state index contributed by atoms with van der Waals surface area (Å²) in [5, 5.41) is 18.7. The highest BCUT2D eigenvalue weighted by molar-refractivity contribution is 5.97. The van der Waals surface area contributed by atoms with Gasteiger partial charge in [0, 0.05) is 12.4 Å². The van der Waals surface area contributed by atoms with E-state index in [4.69, 9.17) is 0 Å². The van der Waals surface area contributed by atoms with Crippen LogP contribution in [0.25, 0.3) is 66.8 Å². The number of hydrogen-bond donors (Lipinski definition) is 0. The fourth-order valence-corrected chi connectivity index (χ4v) is 8.56. The maximum atomic E-state index is 9.36. The minimum Gasteiger partial charge on any atom is -0.246 e. The van der Waals surface area contributed by atoms with Gasteiger partial charge in [-0.05, 0) is 125 Å². The van der Waals surface area contributed by atoms with Crippen molar-refractivity contribution in [1.29, 1.82) is 10.5 Å². The minimum atomic E-state index is -0.428. The zero-order valence-corrected chi connectivity index (χ0v) is 28.5. The van der Waals surface area contributed by atoms with Crippen LogP contribution in [-0.2, 0) is 5.41 Å². The summed E-state index contributed by atoms with van der Waals surface area (Å²) in [6.07, 6.45) is 3.37. The van der Waals surface area contributed by atoms with Crippen molar-refractivity contribution in [3.8, 4) is 78.9 Å². The first-order valence-electron chi connectivity index (χ1n) is 17.6. The fraction of sp³-hybridized carbons (Fsp3) is 0.0204. The van der Waals surface area contributed by atoms with Gasteiger partial charge in [-0.2, -0.15) is 10.5 Å². The molecule has 0 bridgehead atoms. The van der Waals surface area contributed by atoms with E-state index < -0.39 is 5.41 Å². The van der Waals surface area contributed by atoms with Crippen LogP contribution in [0, 0.1) is 22.7 Å². The number of rotatable bonds is 4. The molecule has 2 aliphatic rings. The van der Waals surface area contributed by atoms with E-state index in [-0.39, 0.29) is 0 Å². The third kappa shape index (κ3) is 4.60. The first-order valence-corrected chi connectivity index (χ1v) is 17.6. The number of benzene rings is 6. The molecule has 10 rings (SSSR count). The van der Waals surface area contributed by atoms with Crippen LogP contribution in [0.15, 0.2) is 170 Å². The molecule has 4 nitrogen and oxygen atoms in total. The first kappa shape index (κ1) is 30.4. The highest BCUT2D eigenvalue weighted by Gasteiger charge is 2.51. The summed E-state index contributed by atoms with van der Waals surface area (Å²) >= 11 is 0. The van der Waals surface area contributed by atoms with Crippen LogP contribution in [0.4, 0.5) is 0 Å². The Bertz CT molecular complexity index is 2660. The molecule has 2 aromatic heterocycles. The van der Waals surface area contributed by atoms with Crippen molar-refractivity contribution in [2.24, 2.45) is 0 Å². The van der Waals surface area contributed by atoms with Gasteiger partial charge in [0.2, 0.25) is 0 Å². The topological polar surface area (TPSA) is 73.4 Å². The summed E-state index contributed by atoms with van der Waals surface area (Å²) in [7, 11) is 0. The molecule has 0 N–H and O–H groups in total. The van der Waals surface area contributed by atoms with Crippen molar-refractivity contribution in [3.63, 3.8) is 0 Å². The van der Waals surface area contributed by atoms with Crippen molar-refractivity contribution in [2.75, 3.05) is 0 Å². The molecule has 0 fully saturated rings. The average molecular weight is 673 g/mol. The summed E-state index contributed by atoms with van der Waals surface area (Å²) in [5.41, 5.74) is 19.2. The molecule has 0 radical (unpaired) electrons. The van der Waals surface area contributed by atoms with Gasteiger partial charge in [-0.15, -0.1) is 0 Å². The smallest absolute Gasteiger partial charge is 0.141 e. The summed E-state index contributed by atoms with van der Waals surface area (Å²) in [6, 6.07) is 60.6. The largest absolute Gasteiger partial charge is 0.246 e. The van der Waals surface area contributed by atoms with Crippen LogP contribution >= 0.6 is 0 Å². The number of nitriles is 2. The summed E-state index contributed by atoms with van der Waals surface area (Å²) < 4.78 is 0. The second-order valence-corrected chi connectivity index (χ2v) is 13.6. The molecule has 0 amide bonds. The Balaban J connectivity index is 1.13. The fourth-order valence-electron chi connectivity index (χ4n) is 8.56. The van der Waals surface area contributed by atoms with Crippen LogP contribution in [0.1, 0.15) is 33.6 Å². The number of aromatic nitrogens is 2. The lowest BCUT2D eigenvalue weighted by Crippen LogP contribution is -2.25. The third-order valence-electron chi connectivity index (χ3n) is 10.9. The summed E-state index contributed by atoms with van der Waals surface area (Å²) in [6.45, 7) is 0. The number of hydrogen-bond acceptors (Lipinski definition) is 4. The molecule has 0 unspecified atom stereocenters. The molecular weight excluding hydrogens is 645 g/mol. The molecule has 53 heavy (non-hydrogen) atoms. The zero-order valence-electron chi connectivity index (χ0n) is 28.5. The zero-order chi connectivity index (χ0) is 35.5. The van der Waals surface area contributed by atoms with Gasteiger partial charge in [-0.1, -0.05) is 121 Å². The molecule has 4 heteroatoms. The van der Waals surface area contributed by atoms with E-state index in [1.165, 1.54) is 44.5 Å². The van der Waals surface area contributed by atoms with Gasteiger partial charge in [0.25, 0.3) is 0 Å². The number of pyridine rings is 2.